The summed E-state index contributed by atoms with van der Waals surface area (Å²) in [6.07, 6.45) is -6.23. The number of aliphatic hydroxyl groups is 3. The highest BCUT2D eigenvalue weighted by Crippen LogP contribution is 2.32. The summed E-state index contributed by atoms with van der Waals surface area (Å²) < 4.78 is 18.0. The molecule has 0 saturated carbocycles. The third kappa shape index (κ3) is 2.50. The van der Waals surface area contributed by atoms with Crippen molar-refractivity contribution in [3.63, 3.8) is 0 Å². The first-order valence-electron chi connectivity index (χ1n) is 5.55. The number of benzene rings is 1. The lowest BCUT2D eigenvalue weighted by atomic mass is 9.91. The van der Waals surface area contributed by atoms with Gasteiger partial charge in [0, 0.05) is 5.02 Å². The molecule has 3 N–H and O–H groups in total. The highest BCUT2D eigenvalue weighted by atomic mass is 35.5. The van der Waals surface area contributed by atoms with Crippen LogP contribution < -0.4 is 0 Å². The molecule has 0 radical (unpaired) electrons. The molecule has 6 heteroatoms. The molecule has 1 aliphatic rings. The third-order valence-electron chi connectivity index (χ3n) is 3.06. The van der Waals surface area contributed by atoms with Gasteiger partial charge in [-0.05, 0) is 17.7 Å². The van der Waals surface area contributed by atoms with Crippen molar-refractivity contribution in [2.75, 3.05) is 6.67 Å². The lowest BCUT2D eigenvalue weighted by molar-refractivity contribution is -0.227. The van der Waals surface area contributed by atoms with Crippen LogP contribution in [0.25, 0.3) is 0 Å². The van der Waals surface area contributed by atoms with Gasteiger partial charge < -0.3 is 20.1 Å². The SMILES string of the molecule is O[C@@H]1[C@@H](O)[C@H](c2ccc(Cl)cc2)O[C@H](CF)[C@H]1O. The van der Waals surface area contributed by atoms with Gasteiger partial charge >= 0.3 is 0 Å². The minimum atomic E-state index is -1.44. The number of aliphatic hydroxyl groups excluding tert-OH is 3. The summed E-state index contributed by atoms with van der Waals surface area (Å²) in [7, 11) is 0. The summed E-state index contributed by atoms with van der Waals surface area (Å²) in [6.45, 7) is -0.935. The summed E-state index contributed by atoms with van der Waals surface area (Å²) in [6, 6.07) is 6.45. The summed E-state index contributed by atoms with van der Waals surface area (Å²) >= 11 is 5.74. The number of rotatable bonds is 2. The zero-order valence-corrected chi connectivity index (χ0v) is 10.2. The van der Waals surface area contributed by atoms with Crippen molar-refractivity contribution < 1.29 is 24.4 Å². The Morgan fingerprint density at radius 1 is 1.06 bits per heavy atom. The first kappa shape index (κ1) is 13.7. The van der Waals surface area contributed by atoms with Gasteiger partial charge in [-0.25, -0.2) is 4.39 Å². The molecule has 0 bridgehead atoms. The van der Waals surface area contributed by atoms with Crippen LogP contribution in [-0.4, -0.2) is 46.4 Å². The molecule has 0 aliphatic carbocycles. The number of hydrogen-bond acceptors (Lipinski definition) is 4. The van der Waals surface area contributed by atoms with E-state index >= 15 is 0 Å². The lowest BCUT2D eigenvalue weighted by Gasteiger charge is -2.39. The second kappa shape index (κ2) is 5.50. The van der Waals surface area contributed by atoms with Crippen LogP contribution in [0.15, 0.2) is 24.3 Å². The first-order valence-corrected chi connectivity index (χ1v) is 5.93. The van der Waals surface area contributed by atoms with Crippen LogP contribution in [0, 0.1) is 0 Å². The van der Waals surface area contributed by atoms with E-state index in [0.717, 1.165) is 0 Å². The first-order chi connectivity index (χ1) is 8.54. The van der Waals surface area contributed by atoms with Gasteiger partial charge in [0.15, 0.2) is 0 Å². The van der Waals surface area contributed by atoms with Gasteiger partial charge in [0.25, 0.3) is 0 Å². The van der Waals surface area contributed by atoms with Gasteiger partial charge in [0.1, 0.15) is 37.2 Å². The van der Waals surface area contributed by atoms with Crippen molar-refractivity contribution in [2.24, 2.45) is 0 Å². The molecular formula is C12H14ClFO4. The maximum absolute atomic E-state index is 12.7. The Bertz CT molecular complexity index is 398. The third-order valence-corrected chi connectivity index (χ3v) is 3.31. The Labute approximate surface area is 109 Å². The quantitative estimate of drug-likeness (QED) is 0.748. The molecular weight excluding hydrogens is 263 g/mol. The standard InChI is InChI=1S/C12H14ClFO4/c13-7-3-1-6(2-4-7)12-11(17)10(16)9(15)8(5-14)18-12/h1-4,8-12,15-17H,5H2/t8-,9-,10+,11-,12+/m1/s1. The summed E-state index contributed by atoms with van der Waals surface area (Å²) in [4.78, 5) is 0. The van der Waals surface area contributed by atoms with Gasteiger partial charge in [-0.1, -0.05) is 23.7 Å². The van der Waals surface area contributed by atoms with E-state index < -0.39 is 37.2 Å². The predicted molar refractivity (Wildman–Crippen MR) is 63.1 cm³/mol. The Hall–Kier alpha value is -0.720. The second-order valence-corrected chi connectivity index (χ2v) is 4.71. The fourth-order valence-corrected chi connectivity index (χ4v) is 2.13. The van der Waals surface area contributed by atoms with Crippen LogP contribution in [0.2, 0.25) is 5.02 Å². The van der Waals surface area contributed by atoms with Crippen LogP contribution in [0.4, 0.5) is 4.39 Å². The fourth-order valence-electron chi connectivity index (χ4n) is 2.01. The van der Waals surface area contributed by atoms with E-state index in [1.165, 1.54) is 0 Å². The maximum atomic E-state index is 12.7. The monoisotopic (exact) mass is 276 g/mol. The minimum absolute atomic E-state index is 0.520. The van der Waals surface area contributed by atoms with Crippen molar-refractivity contribution in [1.82, 2.24) is 0 Å². The van der Waals surface area contributed by atoms with Crippen molar-refractivity contribution in [1.29, 1.82) is 0 Å². The number of halogens is 2. The predicted octanol–water partition coefficient (Wildman–Crippen LogP) is 0.832. The summed E-state index contributed by atoms with van der Waals surface area (Å²) in [5.41, 5.74) is 0.566. The van der Waals surface area contributed by atoms with Crippen molar-refractivity contribution in [3.8, 4) is 0 Å². The Balaban J connectivity index is 2.24. The molecule has 0 unspecified atom stereocenters. The maximum Gasteiger partial charge on any atom is 0.118 e. The van der Waals surface area contributed by atoms with E-state index in [9.17, 15) is 19.7 Å². The Morgan fingerprint density at radius 3 is 2.22 bits per heavy atom. The average molecular weight is 277 g/mol. The second-order valence-electron chi connectivity index (χ2n) is 4.27. The highest BCUT2D eigenvalue weighted by Gasteiger charge is 2.44. The zero-order chi connectivity index (χ0) is 13.3. The minimum Gasteiger partial charge on any atom is -0.387 e. The molecule has 5 atom stereocenters. The molecule has 1 fully saturated rings. The normalized spacial score (nSPS) is 36.6. The van der Waals surface area contributed by atoms with E-state index in [4.69, 9.17) is 16.3 Å². The van der Waals surface area contributed by atoms with Gasteiger partial charge in [0.2, 0.25) is 0 Å². The van der Waals surface area contributed by atoms with Crippen LogP contribution in [0.3, 0.4) is 0 Å². The van der Waals surface area contributed by atoms with Crippen molar-refractivity contribution >= 4 is 11.6 Å². The van der Waals surface area contributed by atoms with Crippen LogP contribution in [0.5, 0.6) is 0 Å². The largest absolute Gasteiger partial charge is 0.387 e. The molecule has 1 saturated heterocycles. The van der Waals surface area contributed by atoms with Crippen LogP contribution in [-0.2, 0) is 4.74 Å². The van der Waals surface area contributed by atoms with E-state index in [2.05, 4.69) is 0 Å². The van der Waals surface area contributed by atoms with Gasteiger partial charge in [-0.3, -0.25) is 0 Å². The zero-order valence-electron chi connectivity index (χ0n) is 9.41. The molecule has 1 aliphatic heterocycles. The molecule has 1 aromatic rings. The summed E-state index contributed by atoms with van der Waals surface area (Å²) in [5, 5.41) is 29.6. The number of alkyl halides is 1. The molecule has 0 aromatic heterocycles. The van der Waals surface area contributed by atoms with Crippen molar-refractivity contribution in [3.05, 3.63) is 34.9 Å². The molecule has 18 heavy (non-hydrogen) atoms. The van der Waals surface area contributed by atoms with E-state index in [1.807, 2.05) is 0 Å². The smallest absolute Gasteiger partial charge is 0.118 e. The van der Waals surface area contributed by atoms with E-state index in [0.29, 0.717) is 10.6 Å². The number of ether oxygens (including phenoxy) is 1. The summed E-state index contributed by atoms with van der Waals surface area (Å²) in [5.74, 6) is 0. The highest BCUT2D eigenvalue weighted by molar-refractivity contribution is 6.30. The molecule has 100 valence electrons. The van der Waals surface area contributed by atoms with Gasteiger partial charge in [0.05, 0.1) is 0 Å². The van der Waals surface area contributed by atoms with Crippen molar-refractivity contribution in [2.45, 2.75) is 30.5 Å². The van der Waals surface area contributed by atoms with Gasteiger partial charge in [-0.2, -0.15) is 0 Å². The number of hydrogen-bond donors (Lipinski definition) is 3. The average Bonchev–Trinajstić information content (AvgIpc) is 2.38. The van der Waals surface area contributed by atoms with E-state index in [1.54, 1.807) is 24.3 Å². The van der Waals surface area contributed by atoms with Crippen LogP contribution in [0.1, 0.15) is 11.7 Å². The topological polar surface area (TPSA) is 69.9 Å². The molecule has 2 rings (SSSR count). The molecule has 0 amide bonds. The Kier molecular flexibility index (Phi) is 4.19. The Morgan fingerprint density at radius 2 is 1.67 bits per heavy atom. The molecule has 0 spiro atoms. The van der Waals surface area contributed by atoms with Gasteiger partial charge in [-0.15, -0.1) is 0 Å². The van der Waals surface area contributed by atoms with E-state index in [-0.39, 0.29) is 0 Å². The lowest BCUT2D eigenvalue weighted by Crippen LogP contribution is -2.54. The fraction of sp³-hybridized carbons (Fsp3) is 0.500. The molecule has 1 aromatic carbocycles. The van der Waals surface area contributed by atoms with Crippen LogP contribution >= 0.6 is 11.6 Å². The molecule has 1 heterocycles. The molecule has 4 nitrogen and oxygen atoms in total.